The fourth-order valence-corrected chi connectivity index (χ4v) is 2.90. The summed E-state index contributed by atoms with van der Waals surface area (Å²) in [6, 6.07) is 0. The number of hydrogen-bond acceptors (Lipinski definition) is 4. The van der Waals surface area contributed by atoms with Gasteiger partial charge in [-0.2, -0.15) is 0 Å². The molecule has 1 amide bonds. The minimum Gasteiger partial charge on any atom is -0.481 e. The number of carboxylic acid groups (broad SMARTS) is 1. The third kappa shape index (κ3) is 4.27. The lowest BCUT2D eigenvalue weighted by Gasteiger charge is -2.27. The maximum atomic E-state index is 12.0. The van der Waals surface area contributed by atoms with Crippen LogP contribution in [0.1, 0.15) is 44.9 Å². The molecular formula is C14H22N4O3. The summed E-state index contributed by atoms with van der Waals surface area (Å²) in [5, 5.41) is 19.8. The summed E-state index contributed by atoms with van der Waals surface area (Å²) in [7, 11) is 0. The average molecular weight is 294 g/mol. The molecule has 0 radical (unpaired) electrons. The van der Waals surface area contributed by atoms with Crippen LogP contribution >= 0.6 is 0 Å². The molecule has 1 aliphatic rings. The standard InChI is InChI=1S/C14H22N4O3/c19-12(15-7-9-18-10-8-16-17-18)11-14(13(20)21)5-3-1-2-4-6-14/h8,10H,1-7,9,11H2,(H,15,19)(H,20,21). The van der Waals surface area contributed by atoms with Gasteiger partial charge in [0.2, 0.25) is 5.91 Å². The molecule has 0 spiro atoms. The van der Waals surface area contributed by atoms with Crippen molar-refractivity contribution < 1.29 is 14.7 Å². The molecule has 1 fully saturated rings. The second-order valence-electron chi connectivity index (χ2n) is 5.69. The van der Waals surface area contributed by atoms with Crippen LogP contribution in [0.2, 0.25) is 0 Å². The van der Waals surface area contributed by atoms with E-state index < -0.39 is 11.4 Å². The molecule has 0 bridgehead atoms. The van der Waals surface area contributed by atoms with Gasteiger partial charge in [-0.25, -0.2) is 0 Å². The molecule has 0 saturated heterocycles. The van der Waals surface area contributed by atoms with Crippen molar-refractivity contribution in [1.29, 1.82) is 0 Å². The number of hydrogen-bond donors (Lipinski definition) is 2. The highest BCUT2D eigenvalue weighted by molar-refractivity contribution is 5.85. The van der Waals surface area contributed by atoms with Gasteiger partial charge < -0.3 is 10.4 Å². The van der Waals surface area contributed by atoms with Crippen LogP contribution in [-0.2, 0) is 16.1 Å². The Kier molecular flexibility index (Phi) is 5.30. The zero-order chi connectivity index (χ0) is 15.1. The second-order valence-corrected chi connectivity index (χ2v) is 5.69. The number of carbonyl (C=O) groups is 2. The van der Waals surface area contributed by atoms with Crippen molar-refractivity contribution in [2.45, 2.75) is 51.5 Å². The first kappa shape index (κ1) is 15.5. The monoisotopic (exact) mass is 294 g/mol. The lowest BCUT2D eigenvalue weighted by molar-refractivity contribution is -0.152. The van der Waals surface area contributed by atoms with E-state index >= 15 is 0 Å². The molecule has 21 heavy (non-hydrogen) atoms. The Hall–Kier alpha value is -1.92. The summed E-state index contributed by atoms with van der Waals surface area (Å²) >= 11 is 0. The van der Waals surface area contributed by atoms with Crippen LogP contribution in [-0.4, -0.2) is 38.5 Å². The quantitative estimate of drug-likeness (QED) is 0.769. The second kappa shape index (κ2) is 7.19. The first-order chi connectivity index (χ1) is 10.1. The maximum absolute atomic E-state index is 12.0. The summed E-state index contributed by atoms with van der Waals surface area (Å²) < 4.78 is 1.62. The van der Waals surface area contributed by atoms with Gasteiger partial charge in [0.25, 0.3) is 0 Å². The number of rotatable bonds is 6. The van der Waals surface area contributed by atoms with Gasteiger partial charge >= 0.3 is 5.97 Å². The normalized spacial score (nSPS) is 17.9. The van der Waals surface area contributed by atoms with E-state index in [9.17, 15) is 14.7 Å². The molecule has 1 aromatic rings. The van der Waals surface area contributed by atoms with Crippen LogP contribution in [0.4, 0.5) is 0 Å². The van der Waals surface area contributed by atoms with Gasteiger partial charge in [0, 0.05) is 19.2 Å². The van der Waals surface area contributed by atoms with Gasteiger partial charge in [-0.15, -0.1) is 5.10 Å². The Bertz CT molecular complexity index is 465. The van der Waals surface area contributed by atoms with Crippen molar-refractivity contribution in [1.82, 2.24) is 20.3 Å². The Morgan fingerprint density at radius 3 is 2.52 bits per heavy atom. The SMILES string of the molecule is O=C(CC1(C(=O)O)CCCCCC1)NCCn1ccnn1. The van der Waals surface area contributed by atoms with E-state index in [1.54, 1.807) is 17.1 Å². The number of amides is 1. The van der Waals surface area contributed by atoms with Crippen LogP contribution in [0.3, 0.4) is 0 Å². The van der Waals surface area contributed by atoms with E-state index in [1.807, 2.05) is 0 Å². The zero-order valence-electron chi connectivity index (χ0n) is 12.1. The van der Waals surface area contributed by atoms with Crippen LogP contribution in [0.25, 0.3) is 0 Å². The van der Waals surface area contributed by atoms with Crippen molar-refractivity contribution in [3.05, 3.63) is 12.4 Å². The Morgan fingerprint density at radius 1 is 1.24 bits per heavy atom. The maximum Gasteiger partial charge on any atom is 0.310 e. The summed E-state index contributed by atoms with van der Waals surface area (Å²) in [5.74, 6) is -1.03. The number of nitrogens with one attached hydrogen (secondary N) is 1. The van der Waals surface area contributed by atoms with Crippen molar-refractivity contribution in [2.75, 3.05) is 6.54 Å². The van der Waals surface area contributed by atoms with Gasteiger partial charge in [0.1, 0.15) is 0 Å². The lowest BCUT2D eigenvalue weighted by Crippen LogP contribution is -2.38. The molecule has 2 N–H and O–H groups in total. The molecule has 1 aliphatic carbocycles. The van der Waals surface area contributed by atoms with E-state index in [4.69, 9.17) is 0 Å². The van der Waals surface area contributed by atoms with E-state index in [0.717, 1.165) is 25.7 Å². The van der Waals surface area contributed by atoms with Crippen molar-refractivity contribution in [3.63, 3.8) is 0 Å². The average Bonchev–Trinajstić information content (AvgIpc) is 2.84. The molecule has 116 valence electrons. The summed E-state index contributed by atoms with van der Waals surface area (Å²) in [4.78, 5) is 23.7. The summed E-state index contributed by atoms with van der Waals surface area (Å²) in [6.45, 7) is 0.962. The lowest BCUT2D eigenvalue weighted by atomic mass is 9.77. The minimum absolute atomic E-state index is 0.0691. The molecule has 2 rings (SSSR count). The third-order valence-corrected chi connectivity index (χ3v) is 4.15. The van der Waals surface area contributed by atoms with Crippen LogP contribution in [0, 0.1) is 5.41 Å². The van der Waals surface area contributed by atoms with Crippen molar-refractivity contribution in [2.24, 2.45) is 5.41 Å². The Morgan fingerprint density at radius 2 is 1.95 bits per heavy atom. The Balaban J connectivity index is 1.84. The van der Waals surface area contributed by atoms with Gasteiger partial charge in [-0.1, -0.05) is 30.9 Å². The van der Waals surface area contributed by atoms with E-state index in [0.29, 0.717) is 25.9 Å². The van der Waals surface area contributed by atoms with Crippen LogP contribution < -0.4 is 5.32 Å². The molecule has 0 aromatic carbocycles. The topological polar surface area (TPSA) is 97.1 Å². The highest BCUT2D eigenvalue weighted by Crippen LogP contribution is 2.38. The third-order valence-electron chi connectivity index (χ3n) is 4.15. The van der Waals surface area contributed by atoms with Crippen LogP contribution in [0.5, 0.6) is 0 Å². The van der Waals surface area contributed by atoms with Gasteiger partial charge in [-0.3, -0.25) is 14.3 Å². The van der Waals surface area contributed by atoms with Crippen molar-refractivity contribution in [3.8, 4) is 0 Å². The van der Waals surface area contributed by atoms with Gasteiger partial charge in [0.05, 0.1) is 18.2 Å². The summed E-state index contributed by atoms with van der Waals surface area (Å²) in [6.07, 6.45) is 8.45. The largest absolute Gasteiger partial charge is 0.481 e. The van der Waals surface area contributed by atoms with E-state index in [-0.39, 0.29) is 12.3 Å². The summed E-state index contributed by atoms with van der Waals surface area (Å²) in [5.41, 5.74) is -0.881. The fraction of sp³-hybridized carbons (Fsp3) is 0.714. The molecule has 1 saturated carbocycles. The number of carboxylic acids is 1. The highest BCUT2D eigenvalue weighted by Gasteiger charge is 2.40. The number of nitrogens with zero attached hydrogens (tertiary/aromatic N) is 3. The van der Waals surface area contributed by atoms with E-state index in [1.165, 1.54) is 0 Å². The van der Waals surface area contributed by atoms with Crippen LogP contribution in [0.15, 0.2) is 12.4 Å². The molecular weight excluding hydrogens is 272 g/mol. The molecule has 7 nitrogen and oxygen atoms in total. The van der Waals surface area contributed by atoms with Crippen molar-refractivity contribution >= 4 is 11.9 Å². The first-order valence-corrected chi connectivity index (χ1v) is 7.47. The Labute approximate surface area is 123 Å². The number of aromatic nitrogens is 3. The smallest absolute Gasteiger partial charge is 0.310 e. The van der Waals surface area contributed by atoms with Gasteiger partial charge in [0.15, 0.2) is 0 Å². The number of carbonyl (C=O) groups excluding carboxylic acids is 1. The number of aliphatic carboxylic acids is 1. The molecule has 1 heterocycles. The zero-order valence-corrected chi connectivity index (χ0v) is 12.1. The molecule has 7 heteroatoms. The predicted molar refractivity (Wildman–Crippen MR) is 75.4 cm³/mol. The first-order valence-electron chi connectivity index (χ1n) is 7.47. The van der Waals surface area contributed by atoms with Gasteiger partial charge in [-0.05, 0) is 12.8 Å². The fourth-order valence-electron chi connectivity index (χ4n) is 2.90. The molecule has 0 atom stereocenters. The molecule has 0 unspecified atom stereocenters. The predicted octanol–water partition coefficient (Wildman–Crippen LogP) is 1.21. The molecule has 1 aromatic heterocycles. The highest BCUT2D eigenvalue weighted by atomic mass is 16.4. The van der Waals surface area contributed by atoms with E-state index in [2.05, 4.69) is 15.6 Å². The molecule has 0 aliphatic heterocycles. The minimum atomic E-state index is -0.881.